The van der Waals surface area contributed by atoms with Crippen LogP contribution in [-0.4, -0.2) is 11.8 Å². The average molecular weight is 394 g/mol. The van der Waals surface area contributed by atoms with Crippen molar-refractivity contribution in [3.8, 4) is 5.75 Å². The molecule has 2 amide bonds. The first-order chi connectivity index (χ1) is 14.2. The van der Waals surface area contributed by atoms with Crippen LogP contribution in [0.1, 0.15) is 48.4 Å². The molecule has 0 unspecified atom stereocenters. The fourth-order valence-electron chi connectivity index (χ4n) is 5.87. The van der Waals surface area contributed by atoms with E-state index in [4.69, 9.17) is 9.15 Å². The van der Waals surface area contributed by atoms with Crippen LogP contribution in [0.15, 0.2) is 46.9 Å². The Morgan fingerprint density at radius 1 is 0.897 bits per heavy atom. The molecule has 1 aromatic carbocycles. The van der Waals surface area contributed by atoms with E-state index in [2.05, 4.69) is 10.9 Å². The number of ether oxygens (including phenoxy) is 1. The van der Waals surface area contributed by atoms with E-state index < -0.39 is 5.91 Å². The van der Waals surface area contributed by atoms with Gasteiger partial charge in [0.1, 0.15) is 18.1 Å². The Hall–Kier alpha value is -2.76. The van der Waals surface area contributed by atoms with E-state index >= 15 is 0 Å². The van der Waals surface area contributed by atoms with E-state index in [1.165, 1.54) is 32.1 Å². The molecule has 29 heavy (non-hydrogen) atoms. The molecule has 1 heterocycles. The van der Waals surface area contributed by atoms with Gasteiger partial charge in [-0.25, -0.2) is 0 Å². The smallest absolute Gasteiger partial charge is 0.305 e. The van der Waals surface area contributed by atoms with Crippen LogP contribution in [0.3, 0.4) is 0 Å². The molecule has 0 saturated heterocycles. The second-order valence-electron chi connectivity index (χ2n) is 8.77. The summed E-state index contributed by atoms with van der Waals surface area (Å²) < 4.78 is 11.2. The molecule has 0 aliphatic heterocycles. The molecule has 4 fully saturated rings. The highest BCUT2D eigenvalue weighted by Crippen LogP contribution is 2.56. The lowest BCUT2D eigenvalue weighted by atomic mass is 9.52. The van der Waals surface area contributed by atoms with Crippen molar-refractivity contribution in [3.63, 3.8) is 0 Å². The Balaban J connectivity index is 1.13. The quantitative estimate of drug-likeness (QED) is 0.758. The molecule has 2 aromatic rings. The standard InChI is InChI=1S/C23H26N2O4/c26-22(20-7-6-19(29-20)13-28-18-4-2-1-3-5-18)24-25-23(27)21-16-9-14-8-15(11-16)12-17(21)10-14/h1-7,14-17,21H,8-13H2,(H,24,26)(H,25,27). The highest BCUT2D eigenvalue weighted by Gasteiger charge is 2.50. The number of hydrogen-bond donors (Lipinski definition) is 2. The van der Waals surface area contributed by atoms with Gasteiger partial charge >= 0.3 is 5.91 Å². The monoisotopic (exact) mass is 394 g/mol. The first-order valence-electron chi connectivity index (χ1n) is 10.5. The first kappa shape index (κ1) is 18.3. The molecule has 4 bridgehead atoms. The third-order valence-corrected chi connectivity index (χ3v) is 6.84. The molecule has 4 saturated carbocycles. The molecule has 6 heteroatoms. The fourth-order valence-corrected chi connectivity index (χ4v) is 5.87. The lowest BCUT2D eigenvalue weighted by Crippen LogP contribution is -2.54. The summed E-state index contributed by atoms with van der Waals surface area (Å²) in [6.45, 7) is 0.234. The minimum absolute atomic E-state index is 0.0366. The van der Waals surface area contributed by atoms with E-state index in [9.17, 15) is 9.59 Å². The Bertz CT molecular complexity index is 863. The summed E-state index contributed by atoms with van der Waals surface area (Å²) in [5.41, 5.74) is 5.17. The molecular formula is C23H26N2O4. The van der Waals surface area contributed by atoms with Gasteiger partial charge < -0.3 is 9.15 Å². The van der Waals surface area contributed by atoms with Crippen molar-refractivity contribution in [1.82, 2.24) is 10.9 Å². The second-order valence-corrected chi connectivity index (χ2v) is 8.77. The number of nitrogens with one attached hydrogen (secondary N) is 2. The summed E-state index contributed by atoms with van der Waals surface area (Å²) >= 11 is 0. The van der Waals surface area contributed by atoms with Crippen LogP contribution in [0, 0.1) is 29.6 Å². The predicted molar refractivity (Wildman–Crippen MR) is 106 cm³/mol. The second kappa shape index (κ2) is 7.58. The molecule has 0 spiro atoms. The van der Waals surface area contributed by atoms with Gasteiger partial charge in [-0.05, 0) is 80.0 Å². The maximum Gasteiger partial charge on any atom is 0.305 e. The number of rotatable bonds is 5. The van der Waals surface area contributed by atoms with Gasteiger partial charge in [0, 0.05) is 5.92 Å². The van der Waals surface area contributed by atoms with E-state index in [-0.39, 0.29) is 24.2 Å². The normalized spacial score (nSPS) is 29.4. The van der Waals surface area contributed by atoms with Gasteiger partial charge in [0.2, 0.25) is 5.91 Å². The molecule has 6 rings (SSSR count). The zero-order valence-electron chi connectivity index (χ0n) is 16.3. The Labute approximate surface area is 170 Å². The number of para-hydroxylation sites is 1. The van der Waals surface area contributed by atoms with Gasteiger partial charge in [-0.2, -0.15) is 0 Å². The lowest BCUT2D eigenvalue weighted by Gasteiger charge is -2.53. The molecule has 4 aliphatic rings. The van der Waals surface area contributed by atoms with Crippen LogP contribution in [0.4, 0.5) is 0 Å². The zero-order valence-corrected chi connectivity index (χ0v) is 16.3. The molecule has 1 aromatic heterocycles. The Kier molecular flexibility index (Phi) is 4.78. The summed E-state index contributed by atoms with van der Waals surface area (Å²) in [6.07, 6.45) is 6.03. The number of carbonyl (C=O) groups is 2. The summed E-state index contributed by atoms with van der Waals surface area (Å²) in [7, 11) is 0. The zero-order chi connectivity index (χ0) is 19.8. The number of hydrazine groups is 1. The van der Waals surface area contributed by atoms with Gasteiger partial charge in [0.25, 0.3) is 0 Å². The molecule has 2 N–H and O–H groups in total. The maximum absolute atomic E-state index is 12.8. The Morgan fingerprint density at radius 3 is 2.28 bits per heavy atom. The summed E-state index contributed by atoms with van der Waals surface area (Å²) in [4.78, 5) is 25.1. The largest absolute Gasteiger partial charge is 0.486 e. The SMILES string of the molecule is O=C(NNC(=O)C1C2CC3CC(C2)CC1C3)c1ccc(COc2ccccc2)o1. The van der Waals surface area contributed by atoms with Crippen LogP contribution in [0.2, 0.25) is 0 Å². The molecule has 4 aliphatic carbocycles. The number of carbonyl (C=O) groups excluding carboxylic acids is 2. The fraction of sp³-hybridized carbons (Fsp3) is 0.478. The molecule has 152 valence electrons. The summed E-state index contributed by atoms with van der Waals surface area (Å²) in [6, 6.07) is 12.7. The van der Waals surface area contributed by atoms with Crippen molar-refractivity contribution in [2.45, 2.75) is 38.7 Å². The highest BCUT2D eigenvalue weighted by atomic mass is 16.5. The van der Waals surface area contributed by atoms with Crippen molar-refractivity contribution in [2.24, 2.45) is 29.6 Å². The van der Waals surface area contributed by atoms with Gasteiger partial charge in [0.15, 0.2) is 5.76 Å². The van der Waals surface area contributed by atoms with Crippen LogP contribution in [0.5, 0.6) is 5.75 Å². The van der Waals surface area contributed by atoms with Gasteiger partial charge in [-0.15, -0.1) is 0 Å². The predicted octanol–water partition coefficient (Wildman–Crippen LogP) is 3.69. The van der Waals surface area contributed by atoms with Gasteiger partial charge in [-0.3, -0.25) is 20.4 Å². The van der Waals surface area contributed by atoms with E-state index in [1.54, 1.807) is 12.1 Å². The molecule has 6 nitrogen and oxygen atoms in total. The number of amides is 2. The van der Waals surface area contributed by atoms with Crippen molar-refractivity contribution in [1.29, 1.82) is 0 Å². The highest BCUT2D eigenvalue weighted by molar-refractivity contribution is 5.93. The van der Waals surface area contributed by atoms with Crippen molar-refractivity contribution >= 4 is 11.8 Å². The van der Waals surface area contributed by atoms with Crippen LogP contribution < -0.4 is 15.6 Å². The van der Waals surface area contributed by atoms with Crippen LogP contribution in [0.25, 0.3) is 0 Å². The maximum atomic E-state index is 12.8. The number of furan rings is 1. The average Bonchev–Trinajstić information content (AvgIpc) is 3.20. The van der Waals surface area contributed by atoms with Gasteiger partial charge in [-0.1, -0.05) is 18.2 Å². The number of benzene rings is 1. The van der Waals surface area contributed by atoms with Crippen molar-refractivity contribution in [3.05, 3.63) is 54.0 Å². The topological polar surface area (TPSA) is 80.6 Å². The van der Waals surface area contributed by atoms with Crippen LogP contribution in [-0.2, 0) is 11.4 Å². The van der Waals surface area contributed by atoms with Crippen molar-refractivity contribution < 1.29 is 18.7 Å². The van der Waals surface area contributed by atoms with E-state index in [0.29, 0.717) is 17.6 Å². The molecule has 0 radical (unpaired) electrons. The third-order valence-electron chi connectivity index (χ3n) is 6.84. The minimum Gasteiger partial charge on any atom is -0.486 e. The van der Waals surface area contributed by atoms with Crippen molar-refractivity contribution in [2.75, 3.05) is 0 Å². The number of hydrogen-bond acceptors (Lipinski definition) is 4. The molecular weight excluding hydrogens is 368 g/mol. The van der Waals surface area contributed by atoms with E-state index in [1.807, 2.05) is 30.3 Å². The Morgan fingerprint density at radius 2 is 1.59 bits per heavy atom. The summed E-state index contributed by atoms with van der Waals surface area (Å²) in [5, 5.41) is 0. The first-order valence-corrected chi connectivity index (χ1v) is 10.5. The van der Waals surface area contributed by atoms with Crippen LogP contribution >= 0.6 is 0 Å². The lowest BCUT2D eigenvalue weighted by molar-refractivity contribution is -0.138. The van der Waals surface area contributed by atoms with Gasteiger partial charge in [0.05, 0.1) is 0 Å². The summed E-state index contributed by atoms with van der Waals surface area (Å²) in [5.74, 6) is 3.56. The minimum atomic E-state index is -0.451. The molecule has 0 atom stereocenters. The third kappa shape index (κ3) is 3.76. The van der Waals surface area contributed by atoms with E-state index in [0.717, 1.165) is 17.6 Å².